The molecule has 0 atom stereocenters. The maximum atomic E-state index is 13.4. The maximum Gasteiger partial charge on any atom is 0.407 e. The summed E-state index contributed by atoms with van der Waals surface area (Å²) in [5.41, 5.74) is 0.422. The summed E-state index contributed by atoms with van der Waals surface area (Å²) in [4.78, 5) is 11.5. The van der Waals surface area contributed by atoms with Gasteiger partial charge in [-0.1, -0.05) is 42.5 Å². The Hall–Kier alpha value is -2.76. The summed E-state index contributed by atoms with van der Waals surface area (Å²) >= 11 is 0. The van der Waals surface area contributed by atoms with E-state index in [4.69, 9.17) is 4.74 Å². The van der Waals surface area contributed by atoms with Crippen LogP contribution in [0.1, 0.15) is 17.5 Å². The van der Waals surface area contributed by atoms with Gasteiger partial charge in [0.15, 0.2) is 11.6 Å². The van der Waals surface area contributed by atoms with Crippen molar-refractivity contribution in [3.8, 4) is 0 Å². The third kappa shape index (κ3) is 5.15. The van der Waals surface area contributed by atoms with Crippen molar-refractivity contribution < 1.29 is 22.7 Å². The number of carbonyl (C=O) groups is 1. The van der Waals surface area contributed by atoms with Crippen LogP contribution in [0.3, 0.4) is 0 Å². The number of hydrogen-bond donors (Lipinski definition) is 1. The van der Waals surface area contributed by atoms with Gasteiger partial charge in [-0.15, -0.1) is 0 Å². The van der Waals surface area contributed by atoms with E-state index in [2.05, 4.69) is 5.32 Å². The van der Waals surface area contributed by atoms with Crippen molar-refractivity contribution in [1.29, 1.82) is 0 Å². The monoisotopic (exact) mass is 335 g/mol. The molecule has 0 radical (unpaired) electrons. The van der Waals surface area contributed by atoms with Crippen molar-refractivity contribution in [1.82, 2.24) is 5.32 Å². The average Bonchev–Trinajstić information content (AvgIpc) is 2.60. The highest BCUT2D eigenvalue weighted by Gasteiger charge is 2.10. The van der Waals surface area contributed by atoms with Crippen LogP contribution < -0.4 is 5.32 Å². The third-order valence-electron chi connectivity index (χ3n) is 3.16. The Morgan fingerprint density at radius 2 is 1.75 bits per heavy atom. The van der Waals surface area contributed by atoms with E-state index in [1.54, 1.807) is 0 Å². The molecule has 2 aromatic rings. The minimum Gasteiger partial charge on any atom is -0.445 e. The largest absolute Gasteiger partial charge is 0.445 e. The molecule has 0 saturated heterocycles. The van der Waals surface area contributed by atoms with Crippen LogP contribution in [0.25, 0.3) is 6.08 Å². The topological polar surface area (TPSA) is 38.3 Å². The van der Waals surface area contributed by atoms with Crippen LogP contribution in [0.4, 0.5) is 18.0 Å². The lowest BCUT2D eigenvalue weighted by Gasteiger charge is -2.06. The van der Waals surface area contributed by atoms with E-state index in [1.807, 2.05) is 30.3 Å². The molecule has 0 fully saturated rings. The lowest BCUT2D eigenvalue weighted by atomic mass is 10.1. The zero-order chi connectivity index (χ0) is 17.4. The van der Waals surface area contributed by atoms with Crippen LogP contribution in [-0.4, -0.2) is 12.6 Å². The Morgan fingerprint density at radius 3 is 2.50 bits per heavy atom. The van der Waals surface area contributed by atoms with Crippen LogP contribution in [0.2, 0.25) is 0 Å². The first-order chi connectivity index (χ1) is 11.6. The number of rotatable bonds is 6. The number of benzene rings is 2. The van der Waals surface area contributed by atoms with Crippen LogP contribution in [-0.2, 0) is 11.3 Å². The predicted octanol–water partition coefficient (Wildman–Crippen LogP) is 4.43. The third-order valence-corrected chi connectivity index (χ3v) is 3.16. The smallest absolute Gasteiger partial charge is 0.407 e. The highest BCUT2D eigenvalue weighted by Crippen LogP contribution is 2.17. The van der Waals surface area contributed by atoms with Gasteiger partial charge in [-0.25, -0.2) is 18.0 Å². The summed E-state index contributed by atoms with van der Waals surface area (Å²) in [6.45, 7) is 0.380. The predicted molar refractivity (Wildman–Crippen MR) is 84.6 cm³/mol. The van der Waals surface area contributed by atoms with Gasteiger partial charge in [0.2, 0.25) is 0 Å². The lowest BCUT2D eigenvalue weighted by molar-refractivity contribution is 0.140. The molecule has 2 aromatic carbocycles. The fourth-order valence-corrected chi connectivity index (χ4v) is 1.93. The molecule has 0 aliphatic carbocycles. The van der Waals surface area contributed by atoms with E-state index in [0.717, 1.165) is 23.8 Å². The first-order valence-corrected chi connectivity index (χ1v) is 7.32. The summed E-state index contributed by atoms with van der Waals surface area (Å²) in [5.74, 6) is -3.19. The molecule has 6 heteroatoms. The van der Waals surface area contributed by atoms with E-state index >= 15 is 0 Å². The van der Waals surface area contributed by atoms with Crippen LogP contribution in [0, 0.1) is 17.5 Å². The van der Waals surface area contributed by atoms with E-state index in [1.165, 1.54) is 6.08 Å². The Morgan fingerprint density at radius 1 is 1.04 bits per heavy atom. The zero-order valence-corrected chi connectivity index (χ0v) is 12.8. The molecule has 24 heavy (non-hydrogen) atoms. The summed E-state index contributed by atoms with van der Waals surface area (Å²) in [6.07, 6.45) is 2.31. The molecule has 126 valence electrons. The molecule has 0 heterocycles. The Balaban J connectivity index is 1.73. The fourth-order valence-electron chi connectivity index (χ4n) is 1.93. The number of nitrogens with one attached hydrogen (secondary N) is 1. The number of amides is 1. The van der Waals surface area contributed by atoms with E-state index in [0.29, 0.717) is 6.42 Å². The Kier molecular flexibility index (Phi) is 6.42. The van der Waals surface area contributed by atoms with Gasteiger partial charge in [0.05, 0.1) is 0 Å². The Bertz CT molecular complexity index is 718. The van der Waals surface area contributed by atoms with Gasteiger partial charge in [0.1, 0.15) is 12.4 Å². The minimum atomic E-state index is -1.23. The molecule has 0 unspecified atom stereocenters. The highest BCUT2D eigenvalue weighted by molar-refractivity contribution is 5.67. The first kappa shape index (κ1) is 17.6. The molecular formula is C18H16F3NO2. The highest BCUT2D eigenvalue weighted by atomic mass is 19.2. The van der Waals surface area contributed by atoms with Crippen LogP contribution in [0.15, 0.2) is 48.5 Å². The second-order valence-corrected chi connectivity index (χ2v) is 4.94. The van der Waals surface area contributed by atoms with Crippen molar-refractivity contribution in [2.45, 2.75) is 13.0 Å². The van der Waals surface area contributed by atoms with Crippen molar-refractivity contribution in [2.75, 3.05) is 6.54 Å². The molecule has 2 rings (SSSR count). The Labute approximate surface area is 137 Å². The van der Waals surface area contributed by atoms with Crippen molar-refractivity contribution in [3.05, 3.63) is 77.1 Å². The standard InChI is InChI=1S/C18H16F3NO2/c19-15-9-10-16(20)17(21)14(15)8-4-5-11-22-18(23)24-12-13-6-2-1-3-7-13/h1-4,6-10H,5,11-12H2,(H,22,23). The molecule has 0 aliphatic heterocycles. The molecule has 1 N–H and O–H groups in total. The van der Waals surface area contributed by atoms with Gasteiger partial charge in [0.25, 0.3) is 0 Å². The molecular weight excluding hydrogens is 319 g/mol. The number of halogens is 3. The lowest BCUT2D eigenvalue weighted by Crippen LogP contribution is -2.24. The number of carbonyl (C=O) groups excluding carboxylic acids is 1. The van der Waals surface area contributed by atoms with Gasteiger partial charge in [-0.05, 0) is 24.1 Å². The van der Waals surface area contributed by atoms with E-state index < -0.39 is 29.1 Å². The summed E-state index contributed by atoms with van der Waals surface area (Å²) in [6, 6.07) is 10.8. The maximum absolute atomic E-state index is 13.4. The van der Waals surface area contributed by atoms with Crippen LogP contribution >= 0.6 is 0 Å². The number of hydrogen-bond acceptors (Lipinski definition) is 2. The summed E-state index contributed by atoms with van der Waals surface area (Å²) < 4.78 is 44.8. The zero-order valence-electron chi connectivity index (χ0n) is 12.8. The second-order valence-electron chi connectivity index (χ2n) is 4.94. The molecule has 0 bridgehead atoms. The average molecular weight is 335 g/mol. The number of alkyl carbamates (subject to hydrolysis) is 1. The minimum absolute atomic E-state index is 0.155. The van der Waals surface area contributed by atoms with Gasteiger partial charge >= 0.3 is 6.09 Å². The van der Waals surface area contributed by atoms with Crippen molar-refractivity contribution in [2.24, 2.45) is 0 Å². The van der Waals surface area contributed by atoms with Gasteiger partial charge in [-0.3, -0.25) is 0 Å². The van der Waals surface area contributed by atoms with E-state index in [9.17, 15) is 18.0 Å². The number of ether oxygens (including phenoxy) is 1. The summed E-state index contributed by atoms with van der Waals surface area (Å²) in [7, 11) is 0. The quantitative estimate of drug-likeness (QED) is 0.626. The molecule has 0 aromatic heterocycles. The molecule has 0 aliphatic rings. The van der Waals surface area contributed by atoms with Crippen molar-refractivity contribution in [3.63, 3.8) is 0 Å². The molecule has 0 saturated carbocycles. The van der Waals surface area contributed by atoms with E-state index in [-0.39, 0.29) is 13.2 Å². The molecule has 1 amide bonds. The van der Waals surface area contributed by atoms with Crippen LogP contribution in [0.5, 0.6) is 0 Å². The van der Waals surface area contributed by atoms with Gasteiger partial charge < -0.3 is 10.1 Å². The van der Waals surface area contributed by atoms with Crippen molar-refractivity contribution >= 4 is 12.2 Å². The van der Waals surface area contributed by atoms with Gasteiger partial charge in [-0.2, -0.15) is 0 Å². The second kappa shape index (κ2) is 8.76. The first-order valence-electron chi connectivity index (χ1n) is 7.32. The fraction of sp³-hybridized carbons (Fsp3) is 0.167. The normalized spacial score (nSPS) is 10.8. The molecule has 3 nitrogen and oxygen atoms in total. The summed E-state index contributed by atoms with van der Waals surface area (Å²) in [5, 5.41) is 2.51. The molecule has 0 spiro atoms. The SMILES string of the molecule is O=C(NCCC=Cc1c(F)ccc(F)c1F)OCc1ccccc1. The van der Waals surface area contributed by atoms with Gasteiger partial charge in [0, 0.05) is 12.1 Å².